The van der Waals surface area contributed by atoms with E-state index in [4.69, 9.17) is 28.4 Å². The maximum atomic E-state index is 13.3. The van der Waals surface area contributed by atoms with Crippen molar-refractivity contribution in [1.82, 2.24) is 5.32 Å². The van der Waals surface area contributed by atoms with Crippen LogP contribution >= 0.6 is 0 Å². The lowest BCUT2D eigenvalue weighted by molar-refractivity contribution is -0.379. The van der Waals surface area contributed by atoms with Crippen molar-refractivity contribution in [3.8, 4) is 0 Å². The fourth-order valence-corrected chi connectivity index (χ4v) is 10.2. The number of nitrogens with one attached hydrogen (secondary N) is 1. The van der Waals surface area contributed by atoms with Crippen molar-refractivity contribution < 1.29 is 89.4 Å². The second-order valence-electron chi connectivity index (χ2n) is 21.8. The van der Waals surface area contributed by atoms with Crippen molar-refractivity contribution in [3.63, 3.8) is 0 Å². The molecule has 78 heavy (non-hydrogen) atoms. The Hall–Kier alpha value is -1.99. The predicted molar refractivity (Wildman–Crippen MR) is 296 cm³/mol. The van der Waals surface area contributed by atoms with Crippen LogP contribution in [-0.2, 0) is 33.2 Å². The number of aliphatic hydroxyl groups is 11. The number of allylic oxidation sites excluding steroid dienone is 5. The van der Waals surface area contributed by atoms with Crippen LogP contribution in [0.3, 0.4) is 0 Å². The summed E-state index contributed by atoms with van der Waals surface area (Å²) >= 11 is 0. The Morgan fingerprint density at radius 2 is 0.821 bits per heavy atom. The Kier molecular flexibility index (Phi) is 38.5. The molecule has 19 nitrogen and oxygen atoms in total. The molecule has 3 aliphatic rings. The molecular formula is C59H107NO18. The Bertz CT molecular complexity index is 1570. The van der Waals surface area contributed by atoms with Crippen LogP contribution in [0.5, 0.6) is 0 Å². The Morgan fingerprint density at radius 3 is 1.28 bits per heavy atom. The van der Waals surface area contributed by atoms with Gasteiger partial charge in [0.15, 0.2) is 18.9 Å². The van der Waals surface area contributed by atoms with Crippen molar-refractivity contribution in [1.29, 1.82) is 0 Å². The van der Waals surface area contributed by atoms with Gasteiger partial charge in [0.05, 0.1) is 38.6 Å². The van der Waals surface area contributed by atoms with Crippen molar-refractivity contribution in [2.24, 2.45) is 0 Å². The SMILES string of the molecule is CCCCC/C=C/CC/C=C/CC/C=C/C(O)C(COC1OC(CO)C(OC2OC(CO)C(OC3OC(CO)C(O)C(O)C3O)C(O)C2O)C(O)C1O)NC(=O)CCCCCCCCCCCCCCCCCCCCCC. The third-order valence-electron chi connectivity index (χ3n) is 15.2. The second-order valence-corrected chi connectivity index (χ2v) is 21.8. The van der Waals surface area contributed by atoms with Gasteiger partial charge in [-0.2, -0.15) is 0 Å². The van der Waals surface area contributed by atoms with Gasteiger partial charge in [0.25, 0.3) is 0 Å². The summed E-state index contributed by atoms with van der Waals surface area (Å²) in [4.78, 5) is 13.3. The van der Waals surface area contributed by atoms with Gasteiger partial charge in [-0.3, -0.25) is 4.79 Å². The molecule has 0 aliphatic carbocycles. The van der Waals surface area contributed by atoms with Crippen LogP contribution in [0.15, 0.2) is 36.5 Å². The highest BCUT2D eigenvalue weighted by Gasteiger charge is 2.53. The zero-order valence-corrected chi connectivity index (χ0v) is 47.4. The largest absolute Gasteiger partial charge is 0.394 e. The summed E-state index contributed by atoms with van der Waals surface area (Å²) in [6.45, 7) is 1.66. The van der Waals surface area contributed by atoms with Crippen molar-refractivity contribution >= 4 is 5.91 Å². The van der Waals surface area contributed by atoms with E-state index in [9.17, 15) is 61.0 Å². The molecule has 17 unspecified atom stereocenters. The number of unbranched alkanes of at least 4 members (excludes halogenated alkanes) is 24. The molecule has 0 radical (unpaired) electrons. The Labute approximate surface area is 466 Å². The van der Waals surface area contributed by atoms with Gasteiger partial charge in [0.1, 0.15) is 73.2 Å². The van der Waals surface area contributed by atoms with Crippen LogP contribution in [0, 0.1) is 0 Å². The summed E-state index contributed by atoms with van der Waals surface area (Å²) in [5, 5.41) is 120. The maximum absolute atomic E-state index is 13.3. The van der Waals surface area contributed by atoms with E-state index >= 15 is 0 Å². The average molecular weight is 1120 g/mol. The molecule has 456 valence electrons. The first-order valence-corrected chi connectivity index (χ1v) is 30.2. The van der Waals surface area contributed by atoms with Crippen molar-refractivity contribution in [2.75, 3.05) is 26.4 Å². The van der Waals surface area contributed by atoms with E-state index in [-0.39, 0.29) is 18.9 Å². The monoisotopic (exact) mass is 1120 g/mol. The highest BCUT2D eigenvalue weighted by molar-refractivity contribution is 5.76. The number of amides is 1. The quantitative estimate of drug-likeness (QED) is 0.0271. The number of aliphatic hydroxyl groups excluding tert-OH is 11. The molecule has 0 bridgehead atoms. The summed E-state index contributed by atoms with van der Waals surface area (Å²) in [6.07, 6.45) is 18.5. The third kappa shape index (κ3) is 26.5. The number of ether oxygens (including phenoxy) is 6. The molecule has 17 atom stereocenters. The van der Waals surface area contributed by atoms with Gasteiger partial charge in [0, 0.05) is 6.42 Å². The molecule has 3 heterocycles. The number of hydrogen-bond acceptors (Lipinski definition) is 18. The molecule has 0 aromatic rings. The lowest BCUT2D eigenvalue weighted by Gasteiger charge is -2.48. The fourth-order valence-electron chi connectivity index (χ4n) is 10.2. The molecule has 3 saturated heterocycles. The molecule has 3 rings (SSSR count). The van der Waals surface area contributed by atoms with E-state index in [0.29, 0.717) is 12.8 Å². The predicted octanol–water partition coefficient (Wildman–Crippen LogP) is 5.32. The standard InChI is InChI=1S/C59H107NO18/c1-3-5-7-9-11-13-15-17-18-19-20-21-22-23-25-27-29-31-33-35-37-47(65)60-42(43(64)36-34-32-30-28-26-24-16-14-12-10-8-6-4-2)41-73-57-53(71)50(68)55(45(39-62)75-57)78-59-54(72)51(69)56(46(40-63)76-59)77-58-52(70)49(67)48(66)44(38-61)74-58/h12,14,26,28,34,36,42-46,48-59,61-64,66-72H,3-11,13,15-25,27,29-33,35,37-41H2,1-2H3,(H,60,65)/b14-12+,28-26+,36-34+. The molecular weight excluding hydrogens is 1010 g/mol. The molecule has 0 aromatic carbocycles. The molecule has 12 N–H and O–H groups in total. The van der Waals surface area contributed by atoms with E-state index in [1.165, 1.54) is 122 Å². The van der Waals surface area contributed by atoms with Crippen LogP contribution in [0.2, 0.25) is 0 Å². The summed E-state index contributed by atoms with van der Waals surface area (Å²) in [5.41, 5.74) is 0. The first kappa shape index (κ1) is 70.3. The Morgan fingerprint density at radius 1 is 0.449 bits per heavy atom. The van der Waals surface area contributed by atoms with Crippen LogP contribution in [-0.4, -0.2) is 193 Å². The zero-order chi connectivity index (χ0) is 56.9. The van der Waals surface area contributed by atoms with Crippen LogP contribution in [0.1, 0.15) is 200 Å². The first-order valence-electron chi connectivity index (χ1n) is 30.2. The number of hydrogen-bond donors (Lipinski definition) is 12. The van der Waals surface area contributed by atoms with Gasteiger partial charge >= 0.3 is 0 Å². The molecule has 3 fully saturated rings. The van der Waals surface area contributed by atoms with Crippen LogP contribution < -0.4 is 5.32 Å². The number of rotatable bonds is 44. The van der Waals surface area contributed by atoms with Gasteiger partial charge in [-0.15, -0.1) is 0 Å². The van der Waals surface area contributed by atoms with E-state index < -0.39 is 124 Å². The van der Waals surface area contributed by atoms with E-state index in [0.717, 1.165) is 44.9 Å². The fraction of sp³-hybridized carbons (Fsp3) is 0.881. The summed E-state index contributed by atoms with van der Waals surface area (Å²) in [6, 6.07) is -0.992. The molecule has 19 heteroatoms. The highest BCUT2D eigenvalue weighted by Crippen LogP contribution is 2.33. The van der Waals surface area contributed by atoms with Gasteiger partial charge in [-0.05, 0) is 44.9 Å². The van der Waals surface area contributed by atoms with Crippen molar-refractivity contribution in [2.45, 2.75) is 304 Å². The summed E-state index contributed by atoms with van der Waals surface area (Å²) in [5.74, 6) is -0.289. The van der Waals surface area contributed by atoms with Crippen LogP contribution in [0.25, 0.3) is 0 Å². The molecule has 0 saturated carbocycles. The normalized spacial score (nSPS) is 30.7. The lowest BCUT2D eigenvalue weighted by atomic mass is 9.96. The van der Waals surface area contributed by atoms with Crippen LogP contribution in [0.4, 0.5) is 0 Å². The van der Waals surface area contributed by atoms with Gasteiger partial charge < -0.3 is 89.9 Å². The second kappa shape index (κ2) is 42.8. The Balaban J connectivity index is 1.49. The highest BCUT2D eigenvalue weighted by atomic mass is 16.8. The topological polar surface area (TPSA) is 307 Å². The smallest absolute Gasteiger partial charge is 0.220 e. The number of carbonyl (C=O) groups excluding carboxylic acids is 1. The molecule has 0 spiro atoms. The molecule has 3 aliphatic heterocycles. The zero-order valence-electron chi connectivity index (χ0n) is 47.4. The van der Waals surface area contributed by atoms with E-state index in [1.54, 1.807) is 6.08 Å². The average Bonchev–Trinajstić information content (AvgIpc) is 3.45. The van der Waals surface area contributed by atoms with E-state index in [2.05, 4.69) is 43.5 Å². The number of carbonyl (C=O) groups is 1. The molecule has 0 aromatic heterocycles. The van der Waals surface area contributed by atoms with Gasteiger partial charge in [-0.1, -0.05) is 185 Å². The summed E-state index contributed by atoms with van der Waals surface area (Å²) < 4.78 is 34.2. The van der Waals surface area contributed by atoms with Gasteiger partial charge in [-0.25, -0.2) is 0 Å². The third-order valence-corrected chi connectivity index (χ3v) is 15.2. The minimum Gasteiger partial charge on any atom is -0.394 e. The van der Waals surface area contributed by atoms with Crippen molar-refractivity contribution in [3.05, 3.63) is 36.5 Å². The minimum atomic E-state index is -1.98. The van der Waals surface area contributed by atoms with Gasteiger partial charge in [0.2, 0.25) is 5.91 Å². The lowest BCUT2D eigenvalue weighted by Crippen LogP contribution is -2.66. The molecule has 1 amide bonds. The minimum absolute atomic E-state index is 0.235. The first-order chi connectivity index (χ1) is 37.8. The maximum Gasteiger partial charge on any atom is 0.220 e. The summed E-state index contributed by atoms with van der Waals surface area (Å²) in [7, 11) is 0. The van der Waals surface area contributed by atoms with E-state index in [1.807, 2.05) is 6.08 Å².